The fourth-order valence-electron chi connectivity index (χ4n) is 3.03. The summed E-state index contributed by atoms with van der Waals surface area (Å²) in [5.74, 6) is -0.260. The Labute approximate surface area is 148 Å². The Bertz CT molecular complexity index is 929. The van der Waals surface area contributed by atoms with Crippen LogP contribution in [-0.2, 0) is 4.74 Å². The highest BCUT2D eigenvalue weighted by molar-refractivity contribution is 6.06. The highest BCUT2D eigenvalue weighted by Gasteiger charge is 2.43. The molecule has 4 rings (SSSR count). The monoisotopic (exact) mass is 355 g/mol. The van der Waals surface area contributed by atoms with E-state index in [1.165, 1.54) is 12.7 Å². The van der Waals surface area contributed by atoms with Crippen LogP contribution in [0.15, 0.2) is 43.0 Å². The molecule has 3 N–H and O–H groups in total. The van der Waals surface area contributed by atoms with Crippen LogP contribution >= 0.6 is 0 Å². The first kappa shape index (κ1) is 16.6. The molecule has 0 aliphatic carbocycles. The van der Waals surface area contributed by atoms with Crippen LogP contribution in [0.2, 0.25) is 0 Å². The minimum Gasteiger partial charge on any atom is -0.396 e. The number of ether oxygens (including phenoxy) is 1. The molecular formula is C17H17N5O4. The number of carbonyl (C=O) groups is 1. The van der Waals surface area contributed by atoms with E-state index in [9.17, 15) is 15.0 Å². The summed E-state index contributed by atoms with van der Waals surface area (Å²) < 4.78 is 7.27. The Morgan fingerprint density at radius 3 is 2.69 bits per heavy atom. The Hall–Kier alpha value is -2.88. The number of hydrogen-bond acceptors (Lipinski definition) is 7. The molecule has 0 saturated carbocycles. The smallest absolute Gasteiger partial charge is 0.256 e. The van der Waals surface area contributed by atoms with Crippen molar-refractivity contribution >= 4 is 22.9 Å². The van der Waals surface area contributed by atoms with Crippen molar-refractivity contribution in [3.05, 3.63) is 48.5 Å². The third-order valence-electron chi connectivity index (χ3n) is 4.45. The van der Waals surface area contributed by atoms with Crippen LogP contribution in [-0.4, -0.2) is 55.0 Å². The van der Waals surface area contributed by atoms with Gasteiger partial charge < -0.3 is 20.3 Å². The van der Waals surface area contributed by atoms with E-state index in [0.717, 1.165) is 0 Å². The molecule has 134 valence electrons. The van der Waals surface area contributed by atoms with Gasteiger partial charge in [-0.2, -0.15) is 0 Å². The molecule has 0 spiro atoms. The lowest BCUT2D eigenvalue weighted by Crippen LogP contribution is -2.49. The summed E-state index contributed by atoms with van der Waals surface area (Å²) in [5, 5.41) is 21.5. The van der Waals surface area contributed by atoms with Gasteiger partial charge in [-0.3, -0.25) is 9.36 Å². The van der Waals surface area contributed by atoms with E-state index < -0.39 is 12.3 Å². The molecule has 0 unspecified atom stereocenters. The summed E-state index contributed by atoms with van der Waals surface area (Å²) in [4.78, 5) is 25.0. The SMILES string of the molecule is O=C(Nc1ncnc2c1ncn2[C@@H]1O[C@H](CO)[C@@H]1CO)c1ccccc1. The van der Waals surface area contributed by atoms with Gasteiger partial charge in [0.2, 0.25) is 0 Å². The van der Waals surface area contributed by atoms with Crippen LogP contribution in [0.25, 0.3) is 11.2 Å². The van der Waals surface area contributed by atoms with Crippen LogP contribution in [0, 0.1) is 5.92 Å². The van der Waals surface area contributed by atoms with Gasteiger partial charge in [0.25, 0.3) is 5.91 Å². The normalized spacial score (nSPS) is 22.2. The second-order valence-corrected chi connectivity index (χ2v) is 5.96. The minimum absolute atomic E-state index is 0.127. The van der Waals surface area contributed by atoms with Gasteiger partial charge in [0, 0.05) is 5.56 Å². The van der Waals surface area contributed by atoms with Crippen LogP contribution in [0.1, 0.15) is 16.6 Å². The summed E-state index contributed by atoms with van der Waals surface area (Å²) in [5.41, 5.74) is 1.40. The lowest BCUT2D eigenvalue weighted by molar-refractivity contribution is -0.243. The third kappa shape index (κ3) is 2.71. The minimum atomic E-state index is -0.477. The maximum absolute atomic E-state index is 12.4. The Morgan fingerprint density at radius 1 is 1.15 bits per heavy atom. The zero-order valence-electron chi connectivity index (χ0n) is 13.7. The van der Waals surface area contributed by atoms with Gasteiger partial charge in [-0.15, -0.1) is 0 Å². The number of carbonyl (C=O) groups excluding carboxylic acids is 1. The Kier molecular flexibility index (Phi) is 4.33. The second-order valence-electron chi connectivity index (χ2n) is 5.96. The van der Waals surface area contributed by atoms with Gasteiger partial charge >= 0.3 is 0 Å². The summed E-state index contributed by atoms with van der Waals surface area (Å²) in [6, 6.07) is 8.79. The van der Waals surface area contributed by atoms with Crippen molar-refractivity contribution in [1.82, 2.24) is 19.5 Å². The van der Waals surface area contributed by atoms with Gasteiger partial charge in [0.1, 0.15) is 12.6 Å². The highest BCUT2D eigenvalue weighted by atomic mass is 16.5. The van der Waals surface area contributed by atoms with Crippen LogP contribution in [0.3, 0.4) is 0 Å². The predicted molar refractivity (Wildman–Crippen MR) is 91.3 cm³/mol. The molecule has 1 aliphatic rings. The predicted octanol–water partition coefficient (Wildman–Crippen LogP) is 0.577. The van der Waals surface area contributed by atoms with E-state index in [4.69, 9.17) is 4.74 Å². The van der Waals surface area contributed by atoms with Gasteiger partial charge in [-0.1, -0.05) is 18.2 Å². The molecule has 9 heteroatoms. The molecule has 3 aromatic rings. The van der Waals surface area contributed by atoms with E-state index in [1.807, 2.05) is 6.07 Å². The molecule has 1 aromatic carbocycles. The first-order valence-corrected chi connectivity index (χ1v) is 8.14. The largest absolute Gasteiger partial charge is 0.396 e. The summed E-state index contributed by atoms with van der Waals surface area (Å²) in [6.07, 6.45) is 1.96. The fourth-order valence-corrected chi connectivity index (χ4v) is 3.03. The van der Waals surface area contributed by atoms with Crippen molar-refractivity contribution in [3.8, 4) is 0 Å². The van der Waals surface area contributed by atoms with Crippen molar-refractivity contribution in [3.63, 3.8) is 0 Å². The Morgan fingerprint density at radius 2 is 1.96 bits per heavy atom. The lowest BCUT2D eigenvalue weighted by atomic mass is 9.95. The number of aliphatic hydroxyl groups is 2. The molecule has 0 bridgehead atoms. The van der Waals surface area contributed by atoms with Crippen LogP contribution in [0.5, 0.6) is 0 Å². The summed E-state index contributed by atoms with van der Waals surface area (Å²) in [7, 11) is 0. The molecule has 9 nitrogen and oxygen atoms in total. The molecule has 1 amide bonds. The van der Waals surface area contributed by atoms with E-state index in [-0.39, 0.29) is 25.0 Å². The standard InChI is InChI=1S/C17H17N5O4/c23-6-11-12(7-24)26-17(11)22-9-20-13-14(18-8-19-15(13)22)21-16(25)10-4-2-1-3-5-10/h1-5,8-9,11-12,17,23-24H,6-7H2,(H,18,19,21,25)/t11-,12+,17+/m0/s1. The maximum atomic E-state index is 12.4. The van der Waals surface area contributed by atoms with Gasteiger partial charge in [-0.05, 0) is 12.1 Å². The number of nitrogens with zero attached hydrogens (tertiary/aromatic N) is 4. The number of amides is 1. The number of aromatic nitrogens is 4. The van der Waals surface area contributed by atoms with E-state index in [0.29, 0.717) is 22.5 Å². The van der Waals surface area contributed by atoms with Crippen molar-refractivity contribution in [1.29, 1.82) is 0 Å². The molecular weight excluding hydrogens is 338 g/mol. The first-order valence-electron chi connectivity index (χ1n) is 8.14. The molecule has 0 radical (unpaired) electrons. The summed E-state index contributed by atoms with van der Waals surface area (Å²) in [6.45, 7) is -0.292. The quantitative estimate of drug-likeness (QED) is 0.612. The Balaban J connectivity index is 1.63. The van der Waals surface area contributed by atoms with Gasteiger partial charge in [0.05, 0.1) is 31.6 Å². The molecule has 1 aliphatic heterocycles. The molecule has 26 heavy (non-hydrogen) atoms. The average Bonchev–Trinajstić information content (AvgIpc) is 3.07. The average molecular weight is 355 g/mol. The molecule has 3 heterocycles. The summed E-state index contributed by atoms with van der Waals surface area (Å²) >= 11 is 0. The maximum Gasteiger partial charge on any atom is 0.256 e. The number of anilines is 1. The molecule has 1 saturated heterocycles. The first-order chi connectivity index (χ1) is 12.7. The fraction of sp³-hybridized carbons (Fsp3) is 0.294. The highest BCUT2D eigenvalue weighted by Crippen LogP contribution is 2.38. The number of benzene rings is 1. The van der Waals surface area contributed by atoms with Crippen molar-refractivity contribution in [2.24, 2.45) is 5.92 Å². The zero-order valence-corrected chi connectivity index (χ0v) is 13.7. The topological polar surface area (TPSA) is 122 Å². The van der Waals surface area contributed by atoms with Crippen molar-refractivity contribution < 1.29 is 19.7 Å². The number of imidazole rings is 1. The third-order valence-corrected chi connectivity index (χ3v) is 4.45. The van der Waals surface area contributed by atoms with Gasteiger partial charge in [-0.25, -0.2) is 15.0 Å². The number of hydrogen-bond donors (Lipinski definition) is 3. The van der Waals surface area contributed by atoms with E-state index >= 15 is 0 Å². The second kappa shape index (κ2) is 6.79. The van der Waals surface area contributed by atoms with Crippen molar-refractivity contribution in [2.45, 2.75) is 12.3 Å². The van der Waals surface area contributed by atoms with Crippen LogP contribution in [0.4, 0.5) is 5.82 Å². The van der Waals surface area contributed by atoms with Crippen molar-refractivity contribution in [2.75, 3.05) is 18.5 Å². The lowest BCUT2D eigenvalue weighted by Gasteiger charge is -2.43. The number of aliphatic hydroxyl groups excluding tert-OH is 2. The molecule has 3 atom stereocenters. The van der Waals surface area contributed by atoms with E-state index in [1.54, 1.807) is 28.8 Å². The van der Waals surface area contributed by atoms with E-state index in [2.05, 4.69) is 20.3 Å². The van der Waals surface area contributed by atoms with Gasteiger partial charge in [0.15, 0.2) is 17.0 Å². The van der Waals surface area contributed by atoms with Crippen LogP contribution < -0.4 is 5.32 Å². The zero-order chi connectivity index (χ0) is 18.1. The number of rotatable bonds is 5. The molecule has 1 fully saturated rings. The number of fused-ring (bicyclic) bond motifs is 1. The molecule has 2 aromatic heterocycles. The number of nitrogens with one attached hydrogen (secondary N) is 1.